The van der Waals surface area contributed by atoms with Gasteiger partial charge in [-0.15, -0.1) is 0 Å². The summed E-state index contributed by atoms with van der Waals surface area (Å²) in [5.41, 5.74) is 7.06. The van der Waals surface area contributed by atoms with Gasteiger partial charge in [-0.25, -0.2) is 13.2 Å². The second-order valence-corrected chi connectivity index (χ2v) is 4.57. The van der Waals surface area contributed by atoms with Crippen LogP contribution in [0.25, 0.3) is 0 Å². The van der Waals surface area contributed by atoms with E-state index < -0.39 is 23.5 Å². The van der Waals surface area contributed by atoms with Gasteiger partial charge < -0.3 is 5.73 Å². The van der Waals surface area contributed by atoms with Crippen LogP contribution in [-0.4, -0.2) is 0 Å². The van der Waals surface area contributed by atoms with Crippen LogP contribution >= 0.6 is 0 Å². The third-order valence-corrected chi connectivity index (χ3v) is 3.21. The molecule has 4 heteroatoms. The fourth-order valence-electron chi connectivity index (χ4n) is 2.07. The average molecular weight is 265 g/mol. The molecule has 2 rings (SSSR count). The van der Waals surface area contributed by atoms with Crippen LogP contribution in [0.4, 0.5) is 13.2 Å². The van der Waals surface area contributed by atoms with Crippen LogP contribution < -0.4 is 5.73 Å². The number of hydrogen-bond donors (Lipinski definition) is 1. The van der Waals surface area contributed by atoms with Gasteiger partial charge in [-0.2, -0.15) is 0 Å². The van der Waals surface area contributed by atoms with Crippen molar-refractivity contribution in [3.05, 3.63) is 70.0 Å². The maximum Gasteiger partial charge on any atom is 0.134 e. The molecule has 2 aromatic carbocycles. The Balaban J connectivity index is 2.59. The molecule has 0 aliphatic rings. The summed E-state index contributed by atoms with van der Waals surface area (Å²) in [6, 6.07) is 5.52. The largest absolute Gasteiger partial charge is 0.320 e. The minimum absolute atomic E-state index is 0.228. The van der Waals surface area contributed by atoms with Crippen LogP contribution in [-0.2, 0) is 0 Å². The second-order valence-electron chi connectivity index (χ2n) is 4.57. The van der Waals surface area contributed by atoms with Crippen LogP contribution in [0.15, 0.2) is 30.3 Å². The van der Waals surface area contributed by atoms with Gasteiger partial charge >= 0.3 is 0 Å². The average Bonchev–Trinajstić information content (AvgIpc) is 2.37. The fourth-order valence-corrected chi connectivity index (χ4v) is 2.07. The number of hydrogen-bond acceptors (Lipinski definition) is 1. The predicted octanol–water partition coefficient (Wildman–Crippen LogP) is 3.77. The highest BCUT2D eigenvalue weighted by Crippen LogP contribution is 2.28. The first-order valence-corrected chi connectivity index (χ1v) is 5.88. The molecule has 0 aliphatic carbocycles. The van der Waals surface area contributed by atoms with Crippen molar-refractivity contribution in [3.8, 4) is 0 Å². The van der Waals surface area contributed by atoms with E-state index in [9.17, 15) is 13.2 Å². The summed E-state index contributed by atoms with van der Waals surface area (Å²) >= 11 is 0. The number of benzene rings is 2. The van der Waals surface area contributed by atoms with Crippen molar-refractivity contribution in [1.82, 2.24) is 0 Å². The second kappa shape index (κ2) is 5.05. The Bertz CT molecular complexity index is 623. The predicted molar refractivity (Wildman–Crippen MR) is 68.3 cm³/mol. The summed E-state index contributed by atoms with van der Waals surface area (Å²) in [6.07, 6.45) is 0. The lowest BCUT2D eigenvalue weighted by Crippen LogP contribution is -2.17. The van der Waals surface area contributed by atoms with Gasteiger partial charge in [-0.3, -0.25) is 0 Å². The Labute approximate surface area is 109 Å². The van der Waals surface area contributed by atoms with Crippen molar-refractivity contribution in [2.75, 3.05) is 0 Å². The van der Waals surface area contributed by atoms with Crippen molar-refractivity contribution in [2.45, 2.75) is 19.9 Å². The molecule has 1 nitrogen and oxygen atoms in total. The van der Waals surface area contributed by atoms with E-state index in [-0.39, 0.29) is 5.56 Å². The zero-order valence-corrected chi connectivity index (χ0v) is 10.7. The number of halogens is 3. The fraction of sp³-hybridized carbons (Fsp3) is 0.200. The van der Waals surface area contributed by atoms with E-state index in [1.54, 1.807) is 6.92 Å². The topological polar surface area (TPSA) is 26.0 Å². The van der Waals surface area contributed by atoms with Crippen LogP contribution in [0.3, 0.4) is 0 Å². The highest BCUT2D eigenvalue weighted by atomic mass is 19.1. The van der Waals surface area contributed by atoms with Crippen LogP contribution in [0.1, 0.15) is 28.3 Å². The molecule has 0 aromatic heterocycles. The number of nitrogens with two attached hydrogens (primary N) is 1. The first-order valence-electron chi connectivity index (χ1n) is 5.88. The maximum absolute atomic E-state index is 14.0. The number of rotatable bonds is 2. The summed E-state index contributed by atoms with van der Waals surface area (Å²) in [5.74, 6) is -1.89. The maximum atomic E-state index is 14.0. The van der Waals surface area contributed by atoms with Crippen LogP contribution in [0, 0.1) is 31.3 Å². The van der Waals surface area contributed by atoms with Crippen molar-refractivity contribution < 1.29 is 13.2 Å². The monoisotopic (exact) mass is 265 g/mol. The highest BCUT2D eigenvalue weighted by molar-refractivity contribution is 5.39. The van der Waals surface area contributed by atoms with E-state index in [4.69, 9.17) is 5.73 Å². The summed E-state index contributed by atoms with van der Waals surface area (Å²) in [6.45, 7) is 3.25. The molecule has 19 heavy (non-hydrogen) atoms. The van der Waals surface area contributed by atoms with Gasteiger partial charge in [0.25, 0.3) is 0 Å². The van der Waals surface area contributed by atoms with Gasteiger partial charge in [-0.1, -0.05) is 12.1 Å². The SMILES string of the molecule is Cc1ccc(F)cc1C(N)c1c(F)ccc(C)c1F. The lowest BCUT2D eigenvalue weighted by atomic mass is 9.93. The van der Waals surface area contributed by atoms with E-state index in [0.29, 0.717) is 16.7 Å². The molecule has 0 bridgehead atoms. The molecule has 0 amide bonds. The highest BCUT2D eigenvalue weighted by Gasteiger charge is 2.21. The van der Waals surface area contributed by atoms with E-state index in [1.807, 2.05) is 0 Å². The Morgan fingerprint density at radius 1 is 0.947 bits per heavy atom. The third kappa shape index (κ3) is 2.49. The van der Waals surface area contributed by atoms with Gasteiger partial charge in [0.15, 0.2) is 0 Å². The molecule has 0 heterocycles. The molecule has 1 unspecified atom stereocenters. The molecule has 2 aromatic rings. The quantitative estimate of drug-likeness (QED) is 0.878. The molecule has 0 radical (unpaired) electrons. The van der Waals surface area contributed by atoms with Gasteiger partial charge in [-0.05, 0) is 48.7 Å². The first kappa shape index (κ1) is 13.6. The lowest BCUT2D eigenvalue weighted by Gasteiger charge is -2.17. The molecular weight excluding hydrogens is 251 g/mol. The Morgan fingerprint density at radius 3 is 2.26 bits per heavy atom. The van der Waals surface area contributed by atoms with Crippen molar-refractivity contribution in [1.29, 1.82) is 0 Å². The molecule has 2 N–H and O–H groups in total. The summed E-state index contributed by atoms with van der Waals surface area (Å²) in [5, 5.41) is 0. The third-order valence-electron chi connectivity index (χ3n) is 3.21. The minimum Gasteiger partial charge on any atom is -0.320 e. The lowest BCUT2D eigenvalue weighted by molar-refractivity contribution is 0.536. The molecule has 0 saturated carbocycles. The van der Waals surface area contributed by atoms with Gasteiger partial charge in [0.2, 0.25) is 0 Å². The number of aryl methyl sites for hydroxylation is 2. The van der Waals surface area contributed by atoms with Gasteiger partial charge in [0, 0.05) is 5.56 Å². The van der Waals surface area contributed by atoms with Gasteiger partial charge in [0.1, 0.15) is 17.5 Å². The molecule has 100 valence electrons. The molecule has 1 atom stereocenters. The Morgan fingerprint density at radius 2 is 1.58 bits per heavy atom. The molecule has 0 spiro atoms. The smallest absolute Gasteiger partial charge is 0.134 e. The van der Waals surface area contributed by atoms with E-state index in [1.165, 1.54) is 37.3 Å². The van der Waals surface area contributed by atoms with Crippen molar-refractivity contribution >= 4 is 0 Å². The summed E-state index contributed by atoms with van der Waals surface area (Å²) < 4.78 is 41.1. The molecule has 0 fully saturated rings. The zero-order valence-electron chi connectivity index (χ0n) is 10.7. The molecular formula is C15H14F3N. The van der Waals surface area contributed by atoms with Crippen LogP contribution in [0.5, 0.6) is 0 Å². The minimum atomic E-state index is -1.03. The molecule has 0 aliphatic heterocycles. The van der Waals surface area contributed by atoms with Crippen LogP contribution in [0.2, 0.25) is 0 Å². The summed E-state index contributed by atoms with van der Waals surface area (Å²) in [4.78, 5) is 0. The molecule has 0 saturated heterocycles. The standard InChI is InChI=1S/C15H14F3N/c1-8-3-5-10(16)7-11(8)15(19)13-12(17)6-4-9(2)14(13)18/h3-7,15H,19H2,1-2H3. The van der Waals surface area contributed by atoms with Crippen molar-refractivity contribution in [2.24, 2.45) is 5.73 Å². The van der Waals surface area contributed by atoms with E-state index in [2.05, 4.69) is 0 Å². The summed E-state index contributed by atoms with van der Waals surface area (Å²) in [7, 11) is 0. The zero-order chi connectivity index (χ0) is 14.2. The van der Waals surface area contributed by atoms with E-state index in [0.717, 1.165) is 0 Å². The Hall–Kier alpha value is -1.81. The van der Waals surface area contributed by atoms with E-state index >= 15 is 0 Å². The normalized spacial score (nSPS) is 12.5. The van der Waals surface area contributed by atoms with Gasteiger partial charge in [0.05, 0.1) is 6.04 Å². The first-order chi connectivity index (χ1) is 8.91. The van der Waals surface area contributed by atoms with Crippen molar-refractivity contribution in [3.63, 3.8) is 0 Å². The Kier molecular flexibility index (Phi) is 3.62.